The fraction of sp³-hybridized carbons (Fsp3) is 0.684. The van der Waals surface area contributed by atoms with Crippen LogP contribution in [0.5, 0.6) is 0 Å². The van der Waals surface area contributed by atoms with Crippen LogP contribution in [0.25, 0.3) is 0 Å². The fourth-order valence-electron chi connectivity index (χ4n) is 4.01. The lowest BCUT2D eigenvalue weighted by Crippen LogP contribution is -2.47. The Balaban J connectivity index is 1.16. The lowest BCUT2D eigenvalue weighted by molar-refractivity contribution is 0.242. The van der Waals surface area contributed by atoms with Crippen molar-refractivity contribution in [1.29, 1.82) is 0 Å². The highest BCUT2D eigenvalue weighted by molar-refractivity contribution is 7.15. The van der Waals surface area contributed by atoms with E-state index in [4.69, 9.17) is 0 Å². The number of anilines is 1. The molecule has 0 N–H and O–H groups in total. The Hall–Kier alpha value is -1.80. The van der Waals surface area contributed by atoms with Gasteiger partial charge in [-0.1, -0.05) is 11.3 Å². The molecule has 0 atom stereocenters. The highest BCUT2D eigenvalue weighted by atomic mass is 32.1. The Bertz CT molecular complexity index is 865. The van der Waals surface area contributed by atoms with E-state index in [2.05, 4.69) is 25.1 Å². The largest absolute Gasteiger partial charge is 0.344 e. The van der Waals surface area contributed by atoms with Crippen molar-refractivity contribution in [2.45, 2.75) is 51.0 Å². The first-order valence-corrected chi connectivity index (χ1v) is 11.0. The van der Waals surface area contributed by atoms with Crippen LogP contribution in [0.2, 0.25) is 0 Å². The van der Waals surface area contributed by atoms with Gasteiger partial charge in [-0.2, -0.15) is 5.10 Å². The van der Waals surface area contributed by atoms with E-state index in [0.29, 0.717) is 12.5 Å². The van der Waals surface area contributed by atoms with Gasteiger partial charge in [0.05, 0.1) is 12.2 Å². The molecule has 1 aliphatic heterocycles. The molecule has 27 heavy (non-hydrogen) atoms. The van der Waals surface area contributed by atoms with Gasteiger partial charge in [-0.05, 0) is 44.1 Å². The number of piperazine rings is 1. The maximum absolute atomic E-state index is 12.3. The minimum absolute atomic E-state index is 0.0516. The minimum Gasteiger partial charge on any atom is -0.344 e. The van der Waals surface area contributed by atoms with E-state index in [0.717, 1.165) is 56.4 Å². The molecule has 2 aromatic rings. The Morgan fingerprint density at radius 3 is 2.67 bits per heavy atom. The Kier molecular flexibility index (Phi) is 4.69. The number of hydrogen-bond acceptors (Lipinski definition) is 7. The topological polar surface area (TPSA) is 67.2 Å². The van der Waals surface area contributed by atoms with Crippen molar-refractivity contribution in [2.75, 3.05) is 37.6 Å². The zero-order valence-electron chi connectivity index (χ0n) is 15.6. The number of aryl methyl sites for hydroxylation is 2. The number of nitrogens with zero attached hydrogens (tertiary/aromatic N) is 6. The van der Waals surface area contributed by atoms with Crippen LogP contribution in [0.3, 0.4) is 0 Å². The van der Waals surface area contributed by atoms with Crippen LogP contribution in [0.4, 0.5) is 5.13 Å². The molecule has 5 rings (SSSR count). The third kappa shape index (κ3) is 3.78. The van der Waals surface area contributed by atoms with Crippen molar-refractivity contribution in [3.05, 3.63) is 32.7 Å². The third-order valence-corrected chi connectivity index (χ3v) is 7.05. The highest BCUT2D eigenvalue weighted by Crippen LogP contribution is 2.42. The molecule has 0 aromatic carbocycles. The van der Waals surface area contributed by atoms with Crippen LogP contribution in [0.15, 0.2) is 10.9 Å². The van der Waals surface area contributed by atoms with Crippen LogP contribution < -0.4 is 10.5 Å². The Morgan fingerprint density at radius 2 is 1.85 bits per heavy atom. The summed E-state index contributed by atoms with van der Waals surface area (Å²) in [4.78, 5) is 17.1. The molecule has 7 nitrogen and oxygen atoms in total. The van der Waals surface area contributed by atoms with E-state index in [9.17, 15) is 4.79 Å². The van der Waals surface area contributed by atoms with E-state index in [1.54, 1.807) is 16.0 Å². The van der Waals surface area contributed by atoms with Crippen LogP contribution in [0, 0.1) is 0 Å². The first-order valence-electron chi connectivity index (χ1n) is 10.2. The summed E-state index contributed by atoms with van der Waals surface area (Å²) >= 11 is 1.77. The second kappa shape index (κ2) is 7.31. The van der Waals surface area contributed by atoms with Crippen molar-refractivity contribution >= 4 is 16.5 Å². The molecule has 1 saturated heterocycles. The summed E-state index contributed by atoms with van der Waals surface area (Å²) in [6.45, 7) is 5.51. The summed E-state index contributed by atoms with van der Waals surface area (Å²) < 4.78 is 1.67. The predicted molar refractivity (Wildman–Crippen MR) is 106 cm³/mol. The maximum Gasteiger partial charge on any atom is 0.267 e. The zero-order valence-corrected chi connectivity index (χ0v) is 16.5. The van der Waals surface area contributed by atoms with Gasteiger partial charge < -0.3 is 4.90 Å². The molecule has 3 heterocycles. The fourth-order valence-corrected chi connectivity index (χ4v) is 5.07. The lowest BCUT2D eigenvalue weighted by Gasteiger charge is -2.34. The van der Waals surface area contributed by atoms with E-state index >= 15 is 0 Å². The second-order valence-corrected chi connectivity index (χ2v) is 8.90. The Labute approximate surface area is 163 Å². The molecular formula is C19H26N6OS. The molecule has 2 aliphatic carbocycles. The average molecular weight is 387 g/mol. The van der Waals surface area contributed by atoms with Gasteiger partial charge in [0.1, 0.15) is 5.01 Å². The van der Waals surface area contributed by atoms with Crippen molar-refractivity contribution in [1.82, 2.24) is 24.9 Å². The van der Waals surface area contributed by atoms with Gasteiger partial charge in [0.25, 0.3) is 5.56 Å². The summed E-state index contributed by atoms with van der Waals surface area (Å²) in [5.41, 5.74) is 2.35. The van der Waals surface area contributed by atoms with Gasteiger partial charge in [0.15, 0.2) is 0 Å². The molecule has 0 unspecified atom stereocenters. The van der Waals surface area contributed by atoms with Gasteiger partial charge in [-0.25, -0.2) is 4.68 Å². The quantitative estimate of drug-likeness (QED) is 0.779. The summed E-state index contributed by atoms with van der Waals surface area (Å²) in [5.74, 6) is 0.681. The minimum atomic E-state index is 0.0516. The SMILES string of the molecule is O=c1cc2c(nn1CCN1CCN(c3nnc(C4CC4)s3)CC1)CCCC2. The molecule has 0 amide bonds. The van der Waals surface area contributed by atoms with Gasteiger partial charge in [0.2, 0.25) is 5.13 Å². The molecule has 2 fully saturated rings. The monoisotopic (exact) mass is 386 g/mol. The van der Waals surface area contributed by atoms with Crippen LogP contribution in [-0.2, 0) is 19.4 Å². The van der Waals surface area contributed by atoms with E-state index in [-0.39, 0.29) is 5.56 Å². The smallest absolute Gasteiger partial charge is 0.267 e. The number of fused-ring (bicyclic) bond motifs is 1. The van der Waals surface area contributed by atoms with Crippen LogP contribution in [-0.4, -0.2) is 57.6 Å². The van der Waals surface area contributed by atoms with Crippen LogP contribution in [0.1, 0.15) is 47.9 Å². The molecule has 1 saturated carbocycles. The second-order valence-electron chi connectivity index (χ2n) is 7.91. The Morgan fingerprint density at radius 1 is 1.04 bits per heavy atom. The van der Waals surface area contributed by atoms with Gasteiger partial charge in [-0.15, -0.1) is 10.2 Å². The molecular weight excluding hydrogens is 360 g/mol. The zero-order chi connectivity index (χ0) is 18.2. The van der Waals surface area contributed by atoms with Gasteiger partial charge in [0, 0.05) is 44.7 Å². The summed E-state index contributed by atoms with van der Waals surface area (Å²) in [6.07, 6.45) is 6.94. The van der Waals surface area contributed by atoms with Crippen molar-refractivity contribution in [3.8, 4) is 0 Å². The van der Waals surface area contributed by atoms with Crippen molar-refractivity contribution in [3.63, 3.8) is 0 Å². The molecule has 0 radical (unpaired) electrons. The van der Waals surface area contributed by atoms with Crippen molar-refractivity contribution in [2.24, 2.45) is 0 Å². The standard InChI is InChI=1S/C19H26N6OS/c26-17-13-15-3-1-2-4-16(15)22-25(17)12-9-23-7-10-24(11-8-23)19-21-20-18(27-19)14-5-6-14/h13-14H,1-12H2. The molecule has 144 valence electrons. The molecule has 0 spiro atoms. The molecule has 2 aromatic heterocycles. The average Bonchev–Trinajstić information content (AvgIpc) is 3.44. The molecule has 8 heteroatoms. The van der Waals surface area contributed by atoms with E-state index < -0.39 is 0 Å². The number of rotatable bonds is 5. The highest BCUT2D eigenvalue weighted by Gasteiger charge is 2.29. The third-order valence-electron chi connectivity index (χ3n) is 5.90. The summed E-state index contributed by atoms with van der Waals surface area (Å²) in [5, 5.41) is 15.7. The number of hydrogen-bond donors (Lipinski definition) is 0. The van der Waals surface area contributed by atoms with Gasteiger partial charge in [-0.3, -0.25) is 9.69 Å². The summed E-state index contributed by atoms with van der Waals surface area (Å²) in [7, 11) is 0. The summed E-state index contributed by atoms with van der Waals surface area (Å²) in [6, 6.07) is 1.81. The normalized spacial score (nSPS) is 20.7. The maximum atomic E-state index is 12.3. The predicted octanol–water partition coefficient (Wildman–Crippen LogP) is 1.67. The molecule has 0 bridgehead atoms. The lowest BCUT2D eigenvalue weighted by atomic mass is 9.97. The van der Waals surface area contributed by atoms with Gasteiger partial charge >= 0.3 is 0 Å². The van der Waals surface area contributed by atoms with Crippen molar-refractivity contribution < 1.29 is 0 Å². The molecule has 3 aliphatic rings. The first-order chi connectivity index (χ1) is 13.3. The van der Waals surface area contributed by atoms with E-state index in [1.807, 2.05) is 6.07 Å². The first kappa shape index (κ1) is 17.3. The van der Waals surface area contributed by atoms with E-state index in [1.165, 1.54) is 36.3 Å². The number of aromatic nitrogens is 4. The van der Waals surface area contributed by atoms with Crippen LogP contribution >= 0.6 is 11.3 Å².